The zero-order valence-electron chi connectivity index (χ0n) is 11.4. The quantitative estimate of drug-likeness (QED) is 0.752. The molecule has 0 aliphatic heterocycles. The first-order chi connectivity index (χ1) is 9.45. The summed E-state index contributed by atoms with van der Waals surface area (Å²) in [4.78, 5) is 0. The van der Waals surface area contributed by atoms with Crippen molar-refractivity contribution in [3.8, 4) is 0 Å². The molecule has 0 fully saturated rings. The monoisotopic (exact) mass is 355 g/mol. The van der Waals surface area contributed by atoms with E-state index < -0.39 is 0 Å². The van der Waals surface area contributed by atoms with Gasteiger partial charge in [0.25, 0.3) is 0 Å². The highest BCUT2D eigenvalue weighted by molar-refractivity contribution is 9.10. The van der Waals surface area contributed by atoms with Gasteiger partial charge < -0.3 is 5.32 Å². The molecule has 0 amide bonds. The van der Waals surface area contributed by atoms with Crippen LogP contribution >= 0.6 is 27.5 Å². The molecule has 0 heterocycles. The Labute approximate surface area is 132 Å². The minimum atomic E-state index is -0.206. The number of halogens is 3. The number of hydrogen-bond acceptors (Lipinski definition) is 1. The van der Waals surface area contributed by atoms with Crippen LogP contribution in [0, 0.1) is 12.7 Å². The Bertz CT molecular complexity index is 598. The lowest BCUT2D eigenvalue weighted by atomic mass is 10.1. The third-order valence-electron chi connectivity index (χ3n) is 3.11. The maximum Gasteiger partial charge on any atom is 0.123 e. The molecule has 0 aliphatic carbocycles. The number of hydrogen-bond donors (Lipinski definition) is 1. The van der Waals surface area contributed by atoms with Crippen molar-refractivity contribution in [2.45, 2.75) is 26.3 Å². The molecule has 1 unspecified atom stereocenters. The van der Waals surface area contributed by atoms with Crippen molar-refractivity contribution in [1.82, 2.24) is 0 Å². The average molecular weight is 357 g/mol. The van der Waals surface area contributed by atoms with E-state index in [-0.39, 0.29) is 11.9 Å². The van der Waals surface area contributed by atoms with Gasteiger partial charge in [0.05, 0.1) is 5.69 Å². The third kappa shape index (κ3) is 3.97. The van der Waals surface area contributed by atoms with Crippen molar-refractivity contribution in [3.05, 3.63) is 62.8 Å². The third-order valence-corrected chi connectivity index (χ3v) is 4.17. The Morgan fingerprint density at radius 1 is 1.25 bits per heavy atom. The lowest BCUT2D eigenvalue weighted by Gasteiger charge is -2.17. The van der Waals surface area contributed by atoms with Gasteiger partial charge in [-0.2, -0.15) is 0 Å². The number of rotatable bonds is 4. The minimum Gasteiger partial charge on any atom is -0.381 e. The van der Waals surface area contributed by atoms with E-state index in [1.54, 1.807) is 0 Å². The van der Waals surface area contributed by atoms with Gasteiger partial charge >= 0.3 is 0 Å². The highest BCUT2D eigenvalue weighted by Gasteiger charge is 2.08. The van der Waals surface area contributed by atoms with E-state index >= 15 is 0 Å². The molecule has 1 atom stereocenters. The van der Waals surface area contributed by atoms with Crippen molar-refractivity contribution in [3.63, 3.8) is 0 Å². The van der Waals surface area contributed by atoms with Crippen LogP contribution in [0.5, 0.6) is 0 Å². The summed E-state index contributed by atoms with van der Waals surface area (Å²) in [6.07, 6.45) is 0.818. The van der Waals surface area contributed by atoms with Crippen LogP contribution in [0.15, 0.2) is 40.9 Å². The second-order valence-electron chi connectivity index (χ2n) is 4.96. The summed E-state index contributed by atoms with van der Waals surface area (Å²) in [6, 6.07) is 10.7. The van der Waals surface area contributed by atoms with E-state index in [2.05, 4.69) is 28.2 Å². The van der Waals surface area contributed by atoms with E-state index in [0.29, 0.717) is 0 Å². The predicted molar refractivity (Wildman–Crippen MR) is 87.1 cm³/mol. The molecule has 1 nitrogen and oxygen atoms in total. The Morgan fingerprint density at radius 2 is 1.90 bits per heavy atom. The molecule has 20 heavy (non-hydrogen) atoms. The summed E-state index contributed by atoms with van der Waals surface area (Å²) in [7, 11) is 0. The molecule has 2 rings (SSSR count). The Hall–Kier alpha value is -1.06. The van der Waals surface area contributed by atoms with E-state index in [4.69, 9.17) is 11.6 Å². The molecule has 2 aromatic rings. The van der Waals surface area contributed by atoms with Crippen molar-refractivity contribution in [1.29, 1.82) is 0 Å². The van der Waals surface area contributed by atoms with Gasteiger partial charge in [-0.1, -0.05) is 23.7 Å². The molecule has 0 aromatic heterocycles. The molecule has 0 radical (unpaired) electrons. The van der Waals surface area contributed by atoms with Gasteiger partial charge in [0.1, 0.15) is 5.82 Å². The van der Waals surface area contributed by atoms with E-state index in [1.807, 2.05) is 31.2 Å². The fourth-order valence-electron chi connectivity index (χ4n) is 2.05. The average Bonchev–Trinajstić information content (AvgIpc) is 2.39. The van der Waals surface area contributed by atoms with Crippen molar-refractivity contribution in [2.75, 3.05) is 5.32 Å². The minimum absolute atomic E-state index is 0.206. The standard InChI is InChI=1S/C16H16BrClFN/c1-10-7-14(17)16(9-15(10)18)20-11(2)8-12-3-5-13(19)6-4-12/h3-7,9,11,20H,8H2,1-2H3. The largest absolute Gasteiger partial charge is 0.381 e. The van der Waals surface area contributed by atoms with Gasteiger partial charge in [0, 0.05) is 15.5 Å². The Morgan fingerprint density at radius 3 is 2.55 bits per heavy atom. The lowest BCUT2D eigenvalue weighted by Crippen LogP contribution is -2.18. The fourth-order valence-corrected chi connectivity index (χ4v) is 2.78. The molecule has 2 aromatic carbocycles. The number of nitrogens with one attached hydrogen (secondary N) is 1. The summed E-state index contributed by atoms with van der Waals surface area (Å²) >= 11 is 9.68. The highest BCUT2D eigenvalue weighted by Crippen LogP contribution is 2.29. The van der Waals surface area contributed by atoms with Gasteiger partial charge in [-0.15, -0.1) is 0 Å². The van der Waals surface area contributed by atoms with Crippen LogP contribution in [-0.2, 0) is 6.42 Å². The molecule has 0 aliphatic rings. The Balaban J connectivity index is 2.06. The summed E-state index contributed by atoms with van der Waals surface area (Å²) in [5.41, 5.74) is 3.10. The van der Waals surface area contributed by atoms with Crippen LogP contribution in [0.25, 0.3) is 0 Å². The zero-order chi connectivity index (χ0) is 14.7. The smallest absolute Gasteiger partial charge is 0.123 e. The lowest BCUT2D eigenvalue weighted by molar-refractivity contribution is 0.626. The van der Waals surface area contributed by atoms with E-state index in [0.717, 1.165) is 32.7 Å². The molecule has 0 spiro atoms. The second kappa shape index (κ2) is 6.59. The van der Waals surface area contributed by atoms with Crippen molar-refractivity contribution >= 4 is 33.2 Å². The van der Waals surface area contributed by atoms with Crippen molar-refractivity contribution in [2.24, 2.45) is 0 Å². The van der Waals surface area contributed by atoms with Crippen LogP contribution in [0.3, 0.4) is 0 Å². The van der Waals surface area contributed by atoms with Crippen molar-refractivity contribution < 1.29 is 4.39 Å². The van der Waals surface area contributed by atoms with E-state index in [9.17, 15) is 4.39 Å². The van der Waals surface area contributed by atoms with Crippen LogP contribution in [0.2, 0.25) is 5.02 Å². The summed E-state index contributed by atoms with van der Waals surface area (Å²) in [6.45, 7) is 4.06. The van der Waals surface area contributed by atoms with Gasteiger partial charge in [0.2, 0.25) is 0 Å². The molecule has 0 saturated heterocycles. The molecule has 106 valence electrons. The predicted octanol–water partition coefficient (Wildman–Crippen LogP) is 5.59. The second-order valence-corrected chi connectivity index (χ2v) is 6.22. The van der Waals surface area contributed by atoms with Crippen LogP contribution in [-0.4, -0.2) is 6.04 Å². The molecular weight excluding hydrogens is 341 g/mol. The first-order valence-corrected chi connectivity index (χ1v) is 7.59. The number of anilines is 1. The maximum absolute atomic E-state index is 12.9. The molecule has 1 N–H and O–H groups in total. The SMILES string of the molecule is Cc1cc(Br)c(NC(C)Cc2ccc(F)cc2)cc1Cl. The first-order valence-electron chi connectivity index (χ1n) is 6.42. The Kier molecular flexibility index (Phi) is 5.06. The number of aryl methyl sites for hydroxylation is 1. The van der Waals surface area contributed by atoms with Gasteiger partial charge in [0.15, 0.2) is 0 Å². The maximum atomic E-state index is 12.9. The van der Waals surface area contributed by atoms with Crippen LogP contribution in [0.1, 0.15) is 18.1 Å². The van der Waals surface area contributed by atoms with E-state index in [1.165, 1.54) is 12.1 Å². The molecular formula is C16H16BrClFN. The highest BCUT2D eigenvalue weighted by atomic mass is 79.9. The first kappa shape index (κ1) is 15.3. The normalized spacial score (nSPS) is 12.2. The van der Waals surface area contributed by atoms with Crippen LogP contribution < -0.4 is 5.32 Å². The molecule has 0 saturated carbocycles. The topological polar surface area (TPSA) is 12.0 Å². The summed E-state index contributed by atoms with van der Waals surface area (Å²) < 4.78 is 13.9. The van der Waals surface area contributed by atoms with Gasteiger partial charge in [-0.3, -0.25) is 0 Å². The van der Waals surface area contributed by atoms with Gasteiger partial charge in [-0.25, -0.2) is 4.39 Å². The molecule has 0 bridgehead atoms. The molecule has 4 heteroatoms. The zero-order valence-corrected chi connectivity index (χ0v) is 13.7. The van der Waals surface area contributed by atoms with Gasteiger partial charge in [-0.05, 0) is 71.6 Å². The number of benzene rings is 2. The summed E-state index contributed by atoms with van der Waals surface area (Å²) in [5.74, 6) is -0.206. The van der Waals surface area contributed by atoms with Crippen LogP contribution in [0.4, 0.5) is 10.1 Å². The fraction of sp³-hybridized carbons (Fsp3) is 0.250. The summed E-state index contributed by atoms with van der Waals surface area (Å²) in [5, 5.41) is 4.16.